The van der Waals surface area contributed by atoms with Crippen molar-refractivity contribution in [2.45, 2.75) is 44.4 Å². The number of piperidine rings is 1. The van der Waals surface area contributed by atoms with Gasteiger partial charge in [-0.2, -0.15) is 0 Å². The molecule has 28 heavy (non-hydrogen) atoms. The quantitative estimate of drug-likeness (QED) is 0.627. The number of fused-ring (bicyclic) bond motifs is 7. The van der Waals surface area contributed by atoms with Gasteiger partial charge < -0.3 is 15.0 Å². The molecule has 3 aromatic rings. The van der Waals surface area contributed by atoms with Gasteiger partial charge >= 0.3 is 0 Å². The van der Waals surface area contributed by atoms with E-state index in [1.165, 1.54) is 40.8 Å². The summed E-state index contributed by atoms with van der Waals surface area (Å²) in [7, 11) is 0. The van der Waals surface area contributed by atoms with Crippen LogP contribution >= 0.6 is 11.6 Å². The van der Waals surface area contributed by atoms with Crippen molar-refractivity contribution in [1.82, 2.24) is 15.3 Å². The fourth-order valence-corrected chi connectivity index (χ4v) is 5.47. The van der Waals surface area contributed by atoms with Crippen molar-refractivity contribution in [1.29, 1.82) is 0 Å². The summed E-state index contributed by atoms with van der Waals surface area (Å²) in [5.41, 5.74) is 8.54. The van der Waals surface area contributed by atoms with E-state index in [1.54, 1.807) is 0 Å². The fourth-order valence-electron chi connectivity index (χ4n) is 5.27. The molecule has 3 atom stereocenters. The molecule has 5 heteroatoms. The van der Waals surface area contributed by atoms with Crippen LogP contribution in [0.15, 0.2) is 30.3 Å². The number of aromatic amines is 1. The molecule has 2 aliphatic carbocycles. The molecule has 3 heterocycles. The monoisotopic (exact) mass is 389 g/mol. The van der Waals surface area contributed by atoms with Crippen LogP contribution in [-0.4, -0.2) is 16.0 Å². The smallest absolute Gasteiger partial charge is 0.128 e. The van der Waals surface area contributed by atoms with Gasteiger partial charge in [-0.15, -0.1) is 0 Å². The van der Waals surface area contributed by atoms with E-state index in [2.05, 4.69) is 28.5 Å². The molecular formula is C23H20ClN3O. The van der Waals surface area contributed by atoms with Crippen LogP contribution in [0.3, 0.4) is 0 Å². The lowest BCUT2D eigenvalue weighted by molar-refractivity contribution is 0.302. The molecule has 1 saturated heterocycles. The van der Waals surface area contributed by atoms with E-state index in [0.29, 0.717) is 12.6 Å². The number of ether oxygens (including phenoxy) is 1. The number of aryl methyl sites for hydroxylation is 2. The van der Waals surface area contributed by atoms with E-state index < -0.39 is 0 Å². The minimum atomic E-state index is 0.392. The van der Waals surface area contributed by atoms with Crippen LogP contribution in [0.2, 0.25) is 5.02 Å². The zero-order valence-corrected chi connectivity index (χ0v) is 16.1. The highest BCUT2D eigenvalue weighted by Gasteiger charge is 2.47. The maximum atomic E-state index is 6.17. The van der Waals surface area contributed by atoms with E-state index in [4.69, 9.17) is 21.3 Å². The lowest BCUT2D eigenvalue weighted by atomic mass is 9.87. The van der Waals surface area contributed by atoms with Crippen molar-refractivity contribution in [2.24, 2.45) is 5.92 Å². The normalized spacial score (nSPS) is 25.8. The van der Waals surface area contributed by atoms with Crippen LogP contribution in [0.4, 0.5) is 0 Å². The Bertz CT molecular complexity index is 1140. The van der Waals surface area contributed by atoms with Crippen LogP contribution in [-0.2, 0) is 19.4 Å². The number of halogens is 1. The predicted octanol–water partition coefficient (Wildman–Crippen LogP) is 4.81. The minimum Gasteiger partial charge on any atom is -0.488 e. The summed E-state index contributed by atoms with van der Waals surface area (Å²) in [6, 6.07) is 11.7. The Morgan fingerprint density at radius 2 is 1.96 bits per heavy atom. The van der Waals surface area contributed by atoms with E-state index >= 15 is 0 Å². The molecule has 2 N–H and O–H groups in total. The maximum absolute atomic E-state index is 6.17. The molecule has 7 rings (SSSR count). The molecule has 1 unspecified atom stereocenters. The highest BCUT2D eigenvalue weighted by atomic mass is 35.5. The average molecular weight is 390 g/mol. The van der Waals surface area contributed by atoms with Crippen molar-refractivity contribution in [2.75, 3.05) is 0 Å². The van der Waals surface area contributed by atoms with Crippen LogP contribution in [0.1, 0.15) is 41.5 Å². The first-order valence-corrected chi connectivity index (χ1v) is 10.5. The van der Waals surface area contributed by atoms with Crippen molar-refractivity contribution in [3.05, 3.63) is 58.0 Å². The number of benzene rings is 2. The number of H-pyrrole nitrogens is 1. The Labute approximate surface area is 168 Å². The topological polar surface area (TPSA) is 49.9 Å². The molecule has 0 spiro atoms. The molecule has 4 nitrogen and oxygen atoms in total. The summed E-state index contributed by atoms with van der Waals surface area (Å²) in [4.78, 5) is 8.67. The zero-order chi connectivity index (χ0) is 18.4. The molecule has 0 bridgehead atoms. The first-order valence-electron chi connectivity index (χ1n) is 10.2. The second kappa shape index (κ2) is 5.40. The zero-order valence-electron chi connectivity index (χ0n) is 15.4. The first kappa shape index (κ1) is 15.6. The largest absolute Gasteiger partial charge is 0.488 e. The number of hydrogen-bond donors (Lipinski definition) is 2. The molecule has 140 valence electrons. The molecule has 2 aliphatic heterocycles. The number of nitrogens with one attached hydrogen (secondary N) is 2. The van der Waals surface area contributed by atoms with Gasteiger partial charge in [-0.1, -0.05) is 17.7 Å². The fraction of sp³-hybridized carbons (Fsp3) is 0.348. The van der Waals surface area contributed by atoms with Gasteiger partial charge in [0.25, 0.3) is 0 Å². The van der Waals surface area contributed by atoms with Crippen LogP contribution < -0.4 is 10.1 Å². The standard InChI is InChI=1S/C23H20ClN3O/c24-14-2-3-15-13(5-14)10-28-21-9-16-11(6-17(15)21)1-4-18-22(16)27-23(26-18)20-8-12-7-19(12)25-20/h2-3,5-6,9,12,19-20,25H,1,4,7-8,10H2,(H,26,27)/t12-,19-,20?/m1/s1. The van der Waals surface area contributed by atoms with Crippen molar-refractivity contribution in [3.8, 4) is 28.1 Å². The van der Waals surface area contributed by atoms with Crippen LogP contribution in [0, 0.1) is 5.92 Å². The van der Waals surface area contributed by atoms with Crippen molar-refractivity contribution < 1.29 is 4.74 Å². The van der Waals surface area contributed by atoms with E-state index in [1.807, 2.05) is 12.1 Å². The highest BCUT2D eigenvalue weighted by molar-refractivity contribution is 6.30. The Kier molecular flexibility index (Phi) is 3.01. The van der Waals surface area contributed by atoms with Crippen LogP contribution in [0.5, 0.6) is 5.75 Å². The van der Waals surface area contributed by atoms with Gasteiger partial charge in [0, 0.05) is 27.9 Å². The van der Waals surface area contributed by atoms with E-state index in [9.17, 15) is 0 Å². The van der Waals surface area contributed by atoms with Gasteiger partial charge in [0.1, 0.15) is 18.2 Å². The lowest BCUT2D eigenvalue weighted by Crippen LogP contribution is -2.18. The molecule has 4 aliphatic rings. The number of aromatic nitrogens is 2. The Hall–Kier alpha value is -2.30. The van der Waals surface area contributed by atoms with Gasteiger partial charge in [0.15, 0.2) is 0 Å². The molecule has 2 fully saturated rings. The third-order valence-electron chi connectivity index (χ3n) is 6.85. The summed E-state index contributed by atoms with van der Waals surface area (Å²) < 4.78 is 6.10. The Morgan fingerprint density at radius 1 is 1.00 bits per heavy atom. The lowest BCUT2D eigenvalue weighted by Gasteiger charge is -2.24. The van der Waals surface area contributed by atoms with Crippen molar-refractivity contribution >= 4 is 11.6 Å². The predicted molar refractivity (Wildman–Crippen MR) is 109 cm³/mol. The van der Waals surface area contributed by atoms with Gasteiger partial charge in [-0.05, 0) is 72.6 Å². The number of hydrogen-bond acceptors (Lipinski definition) is 3. The third-order valence-corrected chi connectivity index (χ3v) is 7.08. The maximum Gasteiger partial charge on any atom is 0.128 e. The van der Waals surface area contributed by atoms with Crippen molar-refractivity contribution in [3.63, 3.8) is 0 Å². The molecular weight excluding hydrogens is 370 g/mol. The summed E-state index contributed by atoms with van der Waals surface area (Å²) in [6.07, 6.45) is 4.61. The summed E-state index contributed by atoms with van der Waals surface area (Å²) in [6.45, 7) is 0.565. The Morgan fingerprint density at radius 3 is 2.86 bits per heavy atom. The van der Waals surface area contributed by atoms with Gasteiger partial charge in [0.05, 0.1) is 11.7 Å². The second-order valence-electron chi connectivity index (χ2n) is 8.60. The molecule has 0 amide bonds. The Balaban J connectivity index is 1.32. The number of nitrogens with zero attached hydrogens (tertiary/aromatic N) is 1. The summed E-state index contributed by atoms with van der Waals surface area (Å²) in [5, 5.41) is 4.47. The molecule has 1 aromatic heterocycles. The molecule has 0 radical (unpaired) electrons. The number of rotatable bonds is 1. The van der Waals surface area contributed by atoms with Crippen LogP contribution in [0.25, 0.3) is 22.4 Å². The minimum absolute atomic E-state index is 0.392. The molecule has 1 saturated carbocycles. The number of imidazole rings is 1. The van der Waals surface area contributed by atoms with Gasteiger partial charge in [0.2, 0.25) is 0 Å². The SMILES string of the molecule is Clc1ccc2c(c1)COc1cc3c(cc1-2)CCc1[nH]c(C2C[C@H]4C[C@H]4N2)nc1-3. The van der Waals surface area contributed by atoms with Gasteiger partial charge in [-0.3, -0.25) is 0 Å². The highest BCUT2D eigenvalue weighted by Crippen LogP contribution is 2.47. The second-order valence-corrected chi connectivity index (χ2v) is 9.04. The summed E-state index contributed by atoms with van der Waals surface area (Å²) in [5.74, 6) is 2.93. The molecule has 2 aromatic carbocycles. The average Bonchev–Trinajstić information content (AvgIpc) is 3.13. The summed E-state index contributed by atoms with van der Waals surface area (Å²) >= 11 is 6.17. The van der Waals surface area contributed by atoms with E-state index in [-0.39, 0.29) is 0 Å². The van der Waals surface area contributed by atoms with E-state index in [0.717, 1.165) is 52.7 Å². The third kappa shape index (κ3) is 2.19. The van der Waals surface area contributed by atoms with Gasteiger partial charge in [-0.25, -0.2) is 4.98 Å². The first-order chi connectivity index (χ1) is 13.7.